The van der Waals surface area contributed by atoms with Crippen LogP contribution in [0.5, 0.6) is 0 Å². The Morgan fingerprint density at radius 1 is 1.06 bits per heavy atom. The monoisotopic (exact) mass is 485 g/mol. The largest absolute Gasteiger partial charge is 0.462 e. The van der Waals surface area contributed by atoms with Gasteiger partial charge in [0.1, 0.15) is 5.00 Å². The lowest BCUT2D eigenvalue weighted by molar-refractivity contribution is -0.144. The topological polar surface area (TPSA) is 81.7 Å². The van der Waals surface area contributed by atoms with Gasteiger partial charge in [-0.15, -0.1) is 23.1 Å². The molecule has 0 radical (unpaired) electrons. The summed E-state index contributed by atoms with van der Waals surface area (Å²) in [6.45, 7) is 5.67. The van der Waals surface area contributed by atoms with Crippen LogP contribution in [0, 0.1) is 5.92 Å². The highest BCUT2D eigenvalue weighted by Gasteiger charge is 2.22. The van der Waals surface area contributed by atoms with Crippen molar-refractivity contribution in [3.8, 4) is 0 Å². The van der Waals surface area contributed by atoms with E-state index in [1.165, 1.54) is 23.1 Å². The van der Waals surface area contributed by atoms with E-state index in [9.17, 15) is 14.4 Å². The molecular weight excluding hydrogens is 458 g/mol. The molecular formula is C25H27NO5S2. The Morgan fingerprint density at radius 3 is 2.55 bits per heavy atom. The van der Waals surface area contributed by atoms with Crippen molar-refractivity contribution in [3.63, 3.8) is 0 Å². The van der Waals surface area contributed by atoms with E-state index >= 15 is 0 Å². The Labute approximate surface area is 201 Å². The van der Waals surface area contributed by atoms with E-state index in [-0.39, 0.29) is 12.4 Å². The predicted molar refractivity (Wildman–Crippen MR) is 133 cm³/mol. The van der Waals surface area contributed by atoms with Crippen LogP contribution in [-0.4, -0.2) is 36.8 Å². The van der Waals surface area contributed by atoms with Gasteiger partial charge < -0.3 is 14.8 Å². The first kappa shape index (κ1) is 24.8. The standard InChI is InChI=1S/C25H27NO5S2/c1-4-30-25(29)23-19(11-16(2)3)14-33-24(23)26-21(27)13-31-22(28)15-32-20-10-9-17-7-5-6-8-18(17)12-20/h5-10,12,14,16H,4,11,13,15H2,1-3H3,(H,26,27). The second-order valence-electron chi connectivity index (χ2n) is 7.79. The van der Waals surface area contributed by atoms with E-state index in [1.807, 2.05) is 47.8 Å². The number of rotatable bonds is 10. The SMILES string of the molecule is CCOC(=O)c1c(CC(C)C)csc1NC(=O)COC(=O)CSc1ccc2ccccc2c1. The Balaban J connectivity index is 1.53. The third kappa shape index (κ3) is 7.07. The van der Waals surface area contributed by atoms with Gasteiger partial charge in [-0.05, 0) is 53.1 Å². The van der Waals surface area contributed by atoms with Crippen LogP contribution in [0.15, 0.2) is 52.7 Å². The summed E-state index contributed by atoms with van der Waals surface area (Å²) in [5.74, 6) is -1.01. The lowest BCUT2D eigenvalue weighted by Crippen LogP contribution is -2.22. The third-order valence-corrected chi connectivity index (χ3v) is 6.58. The van der Waals surface area contributed by atoms with Crippen molar-refractivity contribution in [2.45, 2.75) is 32.1 Å². The van der Waals surface area contributed by atoms with Gasteiger partial charge in [0.25, 0.3) is 5.91 Å². The molecule has 0 aliphatic heterocycles. The number of ether oxygens (including phenoxy) is 2. The van der Waals surface area contributed by atoms with E-state index in [4.69, 9.17) is 9.47 Å². The molecule has 174 valence electrons. The van der Waals surface area contributed by atoms with E-state index in [2.05, 4.69) is 19.2 Å². The number of benzene rings is 2. The van der Waals surface area contributed by atoms with Crippen molar-refractivity contribution in [3.05, 3.63) is 59.0 Å². The number of carbonyl (C=O) groups is 3. The van der Waals surface area contributed by atoms with Crippen molar-refractivity contribution in [2.75, 3.05) is 24.3 Å². The second kappa shape index (κ2) is 11.9. The zero-order chi connectivity index (χ0) is 23.8. The minimum atomic E-state index is -0.498. The van der Waals surface area contributed by atoms with Crippen molar-refractivity contribution in [1.82, 2.24) is 0 Å². The van der Waals surface area contributed by atoms with E-state index < -0.39 is 24.5 Å². The third-order valence-electron chi connectivity index (χ3n) is 4.67. The molecule has 6 nitrogen and oxygen atoms in total. The van der Waals surface area contributed by atoms with Gasteiger partial charge in [-0.3, -0.25) is 9.59 Å². The van der Waals surface area contributed by atoms with Gasteiger partial charge in [-0.2, -0.15) is 0 Å². The minimum absolute atomic E-state index is 0.0945. The summed E-state index contributed by atoms with van der Waals surface area (Å²) in [6, 6.07) is 14.0. The van der Waals surface area contributed by atoms with Crippen LogP contribution in [0.2, 0.25) is 0 Å². The summed E-state index contributed by atoms with van der Waals surface area (Å²) in [5.41, 5.74) is 1.22. The van der Waals surface area contributed by atoms with Gasteiger partial charge in [0, 0.05) is 4.90 Å². The number of nitrogens with one attached hydrogen (secondary N) is 1. The average molecular weight is 486 g/mol. The Kier molecular flexibility index (Phi) is 8.91. The molecule has 0 bridgehead atoms. The molecule has 3 aromatic rings. The zero-order valence-corrected chi connectivity index (χ0v) is 20.5. The maximum Gasteiger partial charge on any atom is 0.341 e. The molecule has 33 heavy (non-hydrogen) atoms. The average Bonchev–Trinajstić information content (AvgIpc) is 3.17. The Morgan fingerprint density at radius 2 is 1.82 bits per heavy atom. The van der Waals surface area contributed by atoms with Crippen LogP contribution in [0.4, 0.5) is 5.00 Å². The minimum Gasteiger partial charge on any atom is -0.462 e. The van der Waals surface area contributed by atoms with E-state index in [0.29, 0.717) is 22.9 Å². The highest BCUT2D eigenvalue weighted by molar-refractivity contribution is 8.00. The fourth-order valence-electron chi connectivity index (χ4n) is 3.25. The van der Waals surface area contributed by atoms with Gasteiger partial charge in [0.05, 0.1) is 17.9 Å². The summed E-state index contributed by atoms with van der Waals surface area (Å²) < 4.78 is 10.3. The first-order chi connectivity index (χ1) is 15.9. The van der Waals surface area contributed by atoms with Gasteiger partial charge >= 0.3 is 11.9 Å². The van der Waals surface area contributed by atoms with Gasteiger partial charge in [-0.25, -0.2) is 4.79 Å². The number of fused-ring (bicyclic) bond motifs is 1. The molecule has 0 fully saturated rings. The molecule has 0 saturated carbocycles. The van der Waals surface area contributed by atoms with Crippen LogP contribution in [0.3, 0.4) is 0 Å². The van der Waals surface area contributed by atoms with Crippen molar-refractivity contribution < 1.29 is 23.9 Å². The van der Waals surface area contributed by atoms with Crippen LogP contribution in [0.25, 0.3) is 10.8 Å². The molecule has 0 aliphatic rings. The molecule has 1 aromatic heterocycles. The van der Waals surface area contributed by atoms with Crippen LogP contribution >= 0.6 is 23.1 Å². The predicted octanol–water partition coefficient (Wildman–Crippen LogP) is 5.55. The highest BCUT2D eigenvalue weighted by atomic mass is 32.2. The molecule has 1 N–H and O–H groups in total. The first-order valence-corrected chi connectivity index (χ1v) is 12.6. The molecule has 0 atom stereocenters. The number of hydrogen-bond donors (Lipinski definition) is 1. The molecule has 0 unspecified atom stereocenters. The molecule has 1 amide bonds. The molecule has 3 rings (SSSR count). The first-order valence-electron chi connectivity index (χ1n) is 10.7. The molecule has 2 aromatic carbocycles. The fourth-order valence-corrected chi connectivity index (χ4v) is 4.97. The Hall–Kier alpha value is -2.84. The Bertz CT molecular complexity index is 1140. The number of carbonyl (C=O) groups excluding carboxylic acids is 3. The molecule has 0 aliphatic carbocycles. The molecule has 1 heterocycles. The quantitative estimate of drug-likeness (QED) is 0.299. The lowest BCUT2D eigenvalue weighted by Gasteiger charge is -2.10. The summed E-state index contributed by atoms with van der Waals surface area (Å²) in [7, 11) is 0. The zero-order valence-electron chi connectivity index (χ0n) is 18.9. The van der Waals surface area contributed by atoms with Crippen LogP contribution in [-0.2, 0) is 25.5 Å². The normalized spacial score (nSPS) is 10.9. The number of thioether (sulfide) groups is 1. The number of esters is 2. The molecule has 0 saturated heterocycles. The smallest absolute Gasteiger partial charge is 0.341 e. The number of amides is 1. The summed E-state index contributed by atoms with van der Waals surface area (Å²) in [6.07, 6.45) is 0.696. The molecule has 8 heteroatoms. The maximum atomic E-state index is 12.4. The van der Waals surface area contributed by atoms with Gasteiger partial charge in [-0.1, -0.05) is 44.2 Å². The van der Waals surface area contributed by atoms with Crippen molar-refractivity contribution in [2.24, 2.45) is 5.92 Å². The number of hydrogen-bond acceptors (Lipinski definition) is 7. The maximum absolute atomic E-state index is 12.4. The molecule has 0 spiro atoms. The van der Waals surface area contributed by atoms with Crippen molar-refractivity contribution >= 4 is 56.7 Å². The van der Waals surface area contributed by atoms with Crippen LogP contribution < -0.4 is 5.32 Å². The second-order valence-corrected chi connectivity index (χ2v) is 9.72. The van der Waals surface area contributed by atoms with E-state index in [0.717, 1.165) is 21.2 Å². The summed E-state index contributed by atoms with van der Waals surface area (Å²) in [5, 5.41) is 7.19. The van der Waals surface area contributed by atoms with Crippen LogP contribution in [0.1, 0.15) is 36.7 Å². The van der Waals surface area contributed by atoms with Gasteiger partial charge in [0.2, 0.25) is 0 Å². The summed E-state index contributed by atoms with van der Waals surface area (Å²) in [4.78, 5) is 37.9. The van der Waals surface area contributed by atoms with E-state index in [1.54, 1.807) is 6.92 Å². The highest BCUT2D eigenvalue weighted by Crippen LogP contribution is 2.31. The number of thiophene rings is 1. The van der Waals surface area contributed by atoms with Crippen molar-refractivity contribution in [1.29, 1.82) is 0 Å². The number of anilines is 1. The lowest BCUT2D eigenvalue weighted by atomic mass is 10.0. The fraction of sp³-hybridized carbons (Fsp3) is 0.320. The van der Waals surface area contributed by atoms with Gasteiger partial charge in [0.15, 0.2) is 6.61 Å². The summed E-state index contributed by atoms with van der Waals surface area (Å²) >= 11 is 2.62.